The van der Waals surface area contributed by atoms with Crippen LogP contribution in [0.15, 0.2) is 12.1 Å². The summed E-state index contributed by atoms with van der Waals surface area (Å²) in [7, 11) is 0. The van der Waals surface area contributed by atoms with Crippen LogP contribution in [0.2, 0.25) is 0 Å². The molecule has 106 valence electrons. The molecule has 0 fully saturated rings. The van der Waals surface area contributed by atoms with E-state index >= 15 is 0 Å². The van der Waals surface area contributed by atoms with Gasteiger partial charge in [0.05, 0.1) is 13.2 Å². The highest BCUT2D eigenvalue weighted by molar-refractivity contribution is 9.09. The predicted molar refractivity (Wildman–Crippen MR) is 79.8 cm³/mol. The molecule has 1 unspecified atom stereocenters. The summed E-state index contributed by atoms with van der Waals surface area (Å²) in [6.07, 6.45) is 0.930. The Morgan fingerprint density at radius 1 is 1.26 bits per heavy atom. The molecule has 1 atom stereocenters. The van der Waals surface area contributed by atoms with E-state index in [0.29, 0.717) is 13.2 Å². The van der Waals surface area contributed by atoms with Gasteiger partial charge in [0, 0.05) is 16.8 Å². The quantitative estimate of drug-likeness (QED) is 0.762. The minimum Gasteiger partial charge on any atom is -0.490 e. The maximum absolute atomic E-state index is 6.13. The second-order valence-electron chi connectivity index (χ2n) is 5.21. The van der Waals surface area contributed by atoms with E-state index < -0.39 is 0 Å². The third kappa shape index (κ3) is 2.99. The zero-order chi connectivity index (χ0) is 14.0. The lowest BCUT2D eigenvalue weighted by Gasteiger charge is -2.36. The Kier molecular flexibility index (Phi) is 4.29. The van der Waals surface area contributed by atoms with Crippen LogP contribution in [-0.2, 0) is 0 Å². The van der Waals surface area contributed by atoms with Gasteiger partial charge < -0.3 is 14.2 Å². The molecule has 0 aromatic heterocycles. The van der Waals surface area contributed by atoms with Crippen molar-refractivity contribution in [2.75, 3.05) is 13.2 Å². The molecule has 1 aliphatic rings. The van der Waals surface area contributed by atoms with Crippen molar-refractivity contribution in [3.8, 4) is 17.2 Å². The molecule has 19 heavy (non-hydrogen) atoms. The highest BCUT2D eigenvalue weighted by atomic mass is 79.9. The fraction of sp³-hybridized carbons (Fsp3) is 0.600. The summed E-state index contributed by atoms with van der Waals surface area (Å²) in [4.78, 5) is 0.279. The van der Waals surface area contributed by atoms with Crippen LogP contribution in [0.5, 0.6) is 17.2 Å². The molecule has 0 amide bonds. The van der Waals surface area contributed by atoms with E-state index in [2.05, 4.69) is 35.8 Å². The first-order chi connectivity index (χ1) is 8.98. The molecule has 1 aromatic rings. The zero-order valence-corrected chi connectivity index (χ0v) is 13.5. The van der Waals surface area contributed by atoms with Gasteiger partial charge in [0.15, 0.2) is 11.5 Å². The molecule has 2 rings (SSSR count). The van der Waals surface area contributed by atoms with Crippen LogP contribution in [0.25, 0.3) is 0 Å². The summed E-state index contributed by atoms with van der Waals surface area (Å²) in [6.45, 7) is 9.32. The second kappa shape index (κ2) is 5.61. The van der Waals surface area contributed by atoms with Gasteiger partial charge in [0.25, 0.3) is 0 Å². The van der Waals surface area contributed by atoms with Gasteiger partial charge in [0.1, 0.15) is 5.60 Å². The lowest BCUT2D eigenvalue weighted by molar-refractivity contribution is 0.0779. The predicted octanol–water partition coefficient (Wildman–Crippen LogP) is 4.48. The van der Waals surface area contributed by atoms with Gasteiger partial charge in [-0.2, -0.15) is 0 Å². The fourth-order valence-corrected chi connectivity index (χ4v) is 3.46. The van der Waals surface area contributed by atoms with Gasteiger partial charge >= 0.3 is 0 Å². The molecule has 0 bridgehead atoms. The Labute approximate surface area is 123 Å². The topological polar surface area (TPSA) is 27.7 Å². The number of halogens is 1. The number of hydrogen-bond acceptors (Lipinski definition) is 3. The summed E-state index contributed by atoms with van der Waals surface area (Å²) < 4.78 is 17.5. The van der Waals surface area contributed by atoms with Crippen LogP contribution in [-0.4, -0.2) is 18.8 Å². The average Bonchev–Trinajstić information content (AvgIpc) is 2.31. The maximum atomic E-state index is 6.13. The van der Waals surface area contributed by atoms with Gasteiger partial charge in [-0.05, 0) is 33.8 Å². The monoisotopic (exact) mass is 328 g/mol. The number of rotatable bonds is 4. The van der Waals surface area contributed by atoms with E-state index in [1.165, 1.54) is 0 Å². The summed E-state index contributed by atoms with van der Waals surface area (Å²) in [5.41, 5.74) is 0.920. The second-order valence-corrected chi connectivity index (χ2v) is 6.32. The lowest BCUT2D eigenvalue weighted by Crippen LogP contribution is -2.33. The van der Waals surface area contributed by atoms with E-state index in [0.717, 1.165) is 29.2 Å². The number of benzene rings is 1. The molecule has 0 N–H and O–H groups in total. The third-order valence-corrected chi connectivity index (χ3v) is 3.90. The van der Waals surface area contributed by atoms with Gasteiger partial charge in [0.2, 0.25) is 5.75 Å². The van der Waals surface area contributed by atoms with Crippen molar-refractivity contribution in [1.29, 1.82) is 0 Å². The van der Waals surface area contributed by atoms with Crippen molar-refractivity contribution in [2.45, 2.75) is 44.5 Å². The van der Waals surface area contributed by atoms with Crippen molar-refractivity contribution in [3.05, 3.63) is 17.7 Å². The van der Waals surface area contributed by atoms with E-state index in [9.17, 15) is 0 Å². The number of alkyl halides is 1. The molecule has 0 saturated heterocycles. The number of ether oxygens (including phenoxy) is 3. The number of fused-ring (bicyclic) bond motifs is 1. The summed E-state index contributed by atoms with van der Waals surface area (Å²) >= 11 is 3.74. The first-order valence-electron chi connectivity index (χ1n) is 6.74. The van der Waals surface area contributed by atoms with E-state index in [4.69, 9.17) is 14.2 Å². The zero-order valence-electron chi connectivity index (χ0n) is 12.0. The third-order valence-electron chi connectivity index (χ3n) is 3.08. The molecule has 0 radical (unpaired) electrons. The smallest absolute Gasteiger partial charge is 0.203 e. The molecular formula is C15H21BrO3. The summed E-state index contributed by atoms with van der Waals surface area (Å²) in [5.74, 6) is 2.28. The van der Waals surface area contributed by atoms with E-state index in [1.807, 2.05) is 19.9 Å². The van der Waals surface area contributed by atoms with Crippen LogP contribution in [0.3, 0.4) is 0 Å². The van der Waals surface area contributed by atoms with Crippen LogP contribution in [0.4, 0.5) is 0 Å². The minimum atomic E-state index is -0.210. The van der Waals surface area contributed by atoms with Crippen molar-refractivity contribution >= 4 is 15.9 Å². The van der Waals surface area contributed by atoms with Gasteiger partial charge in [-0.15, -0.1) is 0 Å². The van der Waals surface area contributed by atoms with Crippen molar-refractivity contribution < 1.29 is 14.2 Å². The van der Waals surface area contributed by atoms with Crippen LogP contribution >= 0.6 is 15.9 Å². The molecule has 1 aliphatic heterocycles. The van der Waals surface area contributed by atoms with Crippen molar-refractivity contribution in [3.63, 3.8) is 0 Å². The van der Waals surface area contributed by atoms with Gasteiger partial charge in [-0.1, -0.05) is 22.0 Å². The molecule has 1 aromatic carbocycles. The maximum Gasteiger partial charge on any atom is 0.203 e. The Bertz CT molecular complexity index is 457. The summed E-state index contributed by atoms with van der Waals surface area (Å²) in [6, 6.07) is 4.01. The summed E-state index contributed by atoms with van der Waals surface area (Å²) in [5, 5.41) is 0. The van der Waals surface area contributed by atoms with Crippen LogP contribution in [0.1, 0.15) is 44.5 Å². The molecule has 1 heterocycles. The fourth-order valence-electron chi connectivity index (χ4n) is 2.32. The Morgan fingerprint density at radius 2 is 1.95 bits per heavy atom. The van der Waals surface area contributed by atoms with Crippen molar-refractivity contribution in [2.24, 2.45) is 0 Å². The minimum absolute atomic E-state index is 0.210. The Hall–Kier alpha value is -0.900. The Balaban J connectivity index is 2.50. The molecule has 0 saturated carbocycles. The van der Waals surface area contributed by atoms with Crippen molar-refractivity contribution in [1.82, 2.24) is 0 Å². The first kappa shape index (κ1) is 14.5. The highest BCUT2D eigenvalue weighted by Gasteiger charge is 2.35. The standard InChI is InChI=1S/C15H21BrO3/c1-5-17-12-8-7-10-11(16)9-15(3,4)19-13(10)14(12)18-6-2/h7-8,11H,5-6,9H2,1-4H3. The SMILES string of the molecule is CCOc1ccc2c(c1OCC)OC(C)(C)CC2Br. The van der Waals surface area contributed by atoms with E-state index in [-0.39, 0.29) is 10.4 Å². The van der Waals surface area contributed by atoms with Gasteiger partial charge in [-0.3, -0.25) is 0 Å². The van der Waals surface area contributed by atoms with E-state index in [1.54, 1.807) is 0 Å². The molecule has 3 nitrogen and oxygen atoms in total. The lowest BCUT2D eigenvalue weighted by atomic mass is 9.94. The molecule has 0 spiro atoms. The molecular weight excluding hydrogens is 308 g/mol. The van der Waals surface area contributed by atoms with Gasteiger partial charge in [-0.25, -0.2) is 0 Å². The largest absolute Gasteiger partial charge is 0.490 e. The van der Waals surface area contributed by atoms with Crippen LogP contribution < -0.4 is 14.2 Å². The Morgan fingerprint density at radius 3 is 2.58 bits per heavy atom. The highest BCUT2D eigenvalue weighted by Crippen LogP contribution is 2.51. The molecule has 0 aliphatic carbocycles. The van der Waals surface area contributed by atoms with Crippen LogP contribution in [0, 0.1) is 0 Å². The normalized spacial score (nSPS) is 20.4. The molecule has 4 heteroatoms. The number of hydrogen-bond donors (Lipinski definition) is 0. The average molecular weight is 329 g/mol. The first-order valence-corrected chi connectivity index (χ1v) is 7.65.